The molecule has 0 amide bonds. The van der Waals surface area contributed by atoms with E-state index in [0.29, 0.717) is 0 Å². The fourth-order valence-electron chi connectivity index (χ4n) is 6.23. The number of rotatable bonds is 3. The van der Waals surface area contributed by atoms with Gasteiger partial charge in [0.1, 0.15) is 0 Å². The van der Waals surface area contributed by atoms with Crippen molar-refractivity contribution in [3.05, 3.63) is 146 Å². The third-order valence-corrected chi connectivity index (χ3v) is 8.01. The first-order valence-corrected chi connectivity index (χ1v) is 13.2. The van der Waals surface area contributed by atoms with E-state index < -0.39 is 0 Å². The summed E-state index contributed by atoms with van der Waals surface area (Å²) in [5, 5.41) is 10.4. The SMILES string of the molecule is c1ccc(-c2cc3ccccc3cc2-c2ccc3ccc4c(-c5ccccc5)ccc5ccc2c3c54)cc1. The fraction of sp³-hybridized carbons (Fsp3) is 0. The van der Waals surface area contributed by atoms with Crippen molar-refractivity contribution < 1.29 is 0 Å². The van der Waals surface area contributed by atoms with Crippen LogP contribution in [0.2, 0.25) is 0 Å². The second-order valence-corrected chi connectivity index (χ2v) is 10.1. The molecule has 0 N–H and O–H groups in total. The molecule has 0 radical (unpaired) electrons. The van der Waals surface area contributed by atoms with Crippen LogP contribution in [-0.4, -0.2) is 0 Å². The molecule has 0 heteroatoms. The van der Waals surface area contributed by atoms with Crippen molar-refractivity contribution in [2.75, 3.05) is 0 Å². The van der Waals surface area contributed by atoms with Gasteiger partial charge in [0.25, 0.3) is 0 Å². The van der Waals surface area contributed by atoms with Crippen LogP contribution >= 0.6 is 0 Å². The first-order valence-electron chi connectivity index (χ1n) is 13.2. The summed E-state index contributed by atoms with van der Waals surface area (Å²) in [6.45, 7) is 0. The van der Waals surface area contributed by atoms with E-state index in [4.69, 9.17) is 0 Å². The third kappa shape index (κ3) is 3.17. The molecule has 0 aromatic heterocycles. The predicted molar refractivity (Wildman–Crippen MR) is 164 cm³/mol. The summed E-state index contributed by atoms with van der Waals surface area (Å²) >= 11 is 0. The van der Waals surface area contributed by atoms with Gasteiger partial charge in [-0.05, 0) is 88.6 Å². The molecule has 0 bridgehead atoms. The van der Waals surface area contributed by atoms with Crippen LogP contribution in [-0.2, 0) is 0 Å². The van der Waals surface area contributed by atoms with E-state index in [-0.39, 0.29) is 0 Å². The molecule has 0 aliphatic carbocycles. The van der Waals surface area contributed by atoms with Gasteiger partial charge in [0.05, 0.1) is 0 Å². The zero-order valence-electron chi connectivity index (χ0n) is 20.9. The maximum atomic E-state index is 2.37. The van der Waals surface area contributed by atoms with E-state index >= 15 is 0 Å². The molecule has 38 heavy (non-hydrogen) atoms. The second-order valence-electron chi connectivity index (χ2n) is 10.1. The topological polar surface area (TPSA) is 0 Å². The smallest absolute Gasteiger partial charge is 0.00203 e. The van der Waals surface area contributed by atoms with Crippen LogP contribution in [0.25, 0.3) is 76.5 Å². The monoisotopic (exact) mass is 480 g/mol. The average molecular weight is 481 g/mol. The van der Waals surface area contributed by atoms with Crippen LogP contribution in [0.3, 0.4) is 0 Å². The lowest BCUT2D eigenvalue weighted by atomic mass is 9.85. The van der Waals surface area contributed by atoms with Crippen LogP contribution in [0.15, 0.2) is 146 Å². The van der Waals surface area contributed by atoms with Gasteiger partial charge in [0, 0.05) is 0 Å². The van der Waals surface area contributed by atoms with Crippen molar-refractivity contribution in [2.45, 2.75) is 0 Å². The van der Waals surface area contributed by atoms with Crippen LogP contribution in [0.1, 0.15) is 0 Å². The molecular formula is C38H24. The van der Waals surface area contributed by atoms with E-state index in [1.165, 1.54) is 76.5 Å². The van der Waals surface area contributed by atoms with Crippen molar-refractivity contribution in [1.29, 1.82) is 0 Å². The Morgan fingerprint density at radius 1 is 0.263 bits per heavy atom. The number of benzene rings is 8. The summed E-state index contributed by atoms with van der Waals surface area (Å²) < 4.78 is 0. The zero-order valence-corrected chi connectivity index (χ0v) is 20.9. The van der Waals surface area contributed by atoms with Gasteiger partial charge in [-0.2, -0.15) is 0 Å². The fourth-order valence-corrected chi connectivity index (χ4v) is 6.23. The van der Waals surface area contributed by atoms with Gasteiger partial charge in [-0.25, -0.2) is 0 Å². The number of hydrogen-bond acceptors (Lipinski definition) is 0. The lowest BCUT2D eigenvalue weighted by Gasteiger charge is -2.18. The highest BCUT2D eigenvalue weighted by molar-refractivity contribution is 6.28. The Labute approximate surface area is 221 Å². The van der Waals surface area contributed by atoms with E-state index in [2.05, 4.69) is 146 Å². The highest BCUT2D eigenvalue weighted by Crippen LogP contribution is 2.44. The van der Waals surface area contributed by atoms with Gasteiger partial charge in [-0.15, -0.1) is 0 Å². The molecule has 8 aromatic carbocycles. The largest absolute Gasteiger partial charge is 0.0622 e. The van der Waals surface area contributed by atoms with Crippen molar-refractivity contribution in [3.8, 4) is 33.4 Å². The van der Waals surface area contributed by atoms with Crippen molar-refractivity contribution in [1.82, 2.24) is 0 Å². The maximum absolute atomic E-state index is 2.37. The molecule has 8 rings (SSSR count). The van der Waals surface area contributed by atoms with Gasteiger partial charge in [-0.1, -0.05) is 133 Å². The van der Waals surface area contributed by atoms with E-state index in [0.717, 1.165) is 0 Å². The molecular weight excluding hydrogens is 456 g/mol. The predicted octanol–water partition coefficient (Wildman–Crippen LogP) is 10.7. The molecule has 0 atom stereocenters. The molecule has 0 nitrogen and oxygen atoms in total. The maximum Gasteiger partial charge on any atom is -0.00203 e. The highest BCUT2D eigenvalue weighted by atomic mass is 14.2. The highest BCUT2D eigenvalue weighted by Gasteiger charge is 2.17. The van der Waals surface area contributed by atoms with Gasteiger partial charge in [-0.3, -0.25) is 0 Å². The van der Waals surface area contributed by atoms with Crippen molar-refractivity contribution in [2.24, 2.45) is 0 Å². The Kier molecular flexibility index (Phi) is 4.62. The van der Waals surface area contributed by atoms with Gasteiger partial charge < -0.3 is 0 Å². The minimum Gasteiger partial charge on any atom is -0.0622 e. The van der Waals surface area contributed by atoms with Gasteiger partial charge in [0.15, 0.2) is 0 Å². The van der Waals surface area contributed by atoms with Crippen molar-refractivity contribution in [3.63, 3.8) is 0 Å². The Balaban J connectivity index is 1.48. The average Bonchev–Trinajstić information content (AvgIpc) is 3.00. The van der Waals surface area contributed by atoms with E-state index in [1.807, 2.05) is 0 Å². The standard InChI is InChI=1S/C38H24/c1-3-9-25(10-4-1)31-19-15-27-18-22-34-32(20-16-28-17-21-33(31)37(27)38(28)34)36-24-30-14-8-7-13-29(30)23-35(36)26-11-5-2-6-12-26/h1-24H. The number of fused-ring (bicyclic) bond motifs is 1. The third-order valence-electron chi connectivity index (χ3n) is 8.01. The van der Waals surface area contributed by atoms with Crippen LogP contribution in [0, 0.1) is 0 Å². The summed E-state index contributed by atoms with van der Waals surface area (Å²) in [5.41, 5.74) is 7.60. The van der Waals surface area contributed by atoms with E-state index in [1.54, 1.807) is 0 Å². The van der Waals surface area contributed by atoms with Gasteiger partial charge in [0.2, 0.25) is 0 Å². The lowest BCUT2D eigenvalue weighted by Crippen LogP contribution is -1.91. The van der Waals surface area contributed by atoms with Crippen LogP contribution < -0.4 is 0 Å². The molecule has 0 saturated carbocycles. The Morgan fingerprint density at radius 2 is 0.711 bits per heavy atom. The molecule has 0 aliphatic rings. The van der Waals surface area contributed by atoms with Crippen LogP contribution in [0.5, 0.6) is 0 Å². The Hall–Kier alpha value is -4.94. The quantitative estimate of drug-likeness (QED) is 0.221. The Morgan fingerprint density at radius 3 is 1.32 bits per heavy atom. The lowest BCUT2D eigenvalue weighted by molar-refractivity contribution is 1.62. The summed E-state index contributed by atoms with van der Waals surface area (Å²) in [6, 6.07) is 53.3. The molecule has 0 heterocycles. The Bertz CT molecular complexity index is 2100. The summed E-state index contributed by atoms with van der Waals surface area (Å²) in [6.07, 6.45) is 0. The first kappa shape index (κ1) is 21.2. The molecule has 0 aliphatic heterocycles. The zero-order chi connectivity index (χ0) is 25.1. The first-order chi connectivity index (χ1) is 18.8. The molecule has 0 saturated heterocycles. The number of hydrogen-bond donors (Lipinski definition) is 0. The molecule has 0 fully saturated rings. The summed E-state index contributed by atoms with van der Waals surface area (Å²) in [7, 11) is 0. The van der Waals surface area contributed by atoms with Gasteiger partial charge >= 0.3 is 0 Å². The second kappa shape index (κ2) is 8.30. The minimum atomic E-state index is 1.24. The molecule has 8 aromatic rings. The molecule has 176 valence electrons. The molecule has 0 spiro atoms. The normalized spacial score (nSPS) is 11.7. The summed E-state index contributed by atoms with van der Waals surface area (Å²) in [4.78, 5) is 0. The van der Waals surface area contributed by atoms with E-state index in [9.17, 15) is 0 Å². The van der Waals surface area contributed by atoms with Crippen molar-refractivity contribution >= 4 is 43.1 Å². The molecule has 0 unspecified atom stereocenters. The summed E-state index contributed by atoms with van der Waals surface area (Å²) in [5.74, 6) is 0. The van der Waals surface area contributed by atoms with Crippen LogP contribution in [0.4, 0.5) is 0 Å². The minimum absolute atomic E-state index is 1.24.